The van der Waals surface area contributed by atoms with Crippen LogP contribution in [0.5, 0.6) is 11.5 Å². The molecule has 0 bridgehead atoms. The largest absolute Gasteiger partial charge is 0.493 e. The number of amides is 2. The number of carbonyl (C=O) groups is 3. The Labute approximate surface area is 229 Å². The quantitative estimate of drug-likeness (QED) is 0.190. The Hall–Kier alpha value is -2.40. The van der Waals surface area contributed by atoms with Gasteiger partial charge in [-0.05, 0) is 31.7 Å². The van der Waals surface area contributed by atoms with Crippen molar-refractivity contribution in [1.82, 2.24) is 4.90 Å². The summed E-state index contributed by atoms with van der Waals surface area (Å²) < 4.78 is 19.7. The molecular formula is C24H29Cl3N2O8. The van der Waals surface area contributed by atoms with Gasteiger partial charge < -0.3 is 29.0 Å². The average molecular weight is 580 g/mol. The third kappa shape index (κ3) is 7.34. The van der Waals surface area contributed by atoms with E-state index in [1.54, 1.807) is 4.90 Å². The topological polar surface area (TPSA) is 115 Å². The van der Waals surface area contributed by atoms with E-state index in [1.165, 1.54) is 25.3 Å². The average Bonchev–Trinajstić information content (AvgIpc) is 3.32. The van der Waals surface area contributed by atoms with Gasteiger partial charge in [-0.25, -0.2) is 9.69 Å². The van der Waals surface area contributed by atoms with Crippen LogP contribution in [-0.2, 0) is 14.3 Å². The first-order chi connectivity index (χ1) is 17.6. The molecule has 13 heteroatoms. The van der Waals surface area contributed by atoms with Gasteiger partial charge in [0.25, 0.3) is 5.91 Å². The number of rotatable bonds is 10. The molecule has 2 aliphatic rings. The highest BCUT2D eigenvalue weighted by atomic mass is 35.6. The van der Waals surface area contributed by atoms with Gasteiger partial charge in [-0.2, -0.15) is 0 Å². The zero-order valence-electron chi connectivity index (χ0n) is 20.3. The van der Waals surface area contributed by atoms with Crippen LogP contribution >= 0.6 is 34.8 Å². The van der Waals surface area contributed by atoms with E-state index in [-0.39, 0.29) is 54.9 Å². The van der Waals surface area contributed by atoms with Gasteiger partial charge in [0, 0.05) is 19.0 Å². The second-order valence-corrected chi connectivity index (χ2v) is 11.0. The van der Waals surface area contributed by atoms with Crippen molar-refractivity contribution in [3.05, 3.63) is 30.4 Å². The number of hydrogen-bond acceptors (Lipinski definition) is 8. The van der Waals surface area contributed by atoms with E-state index in [4.69, 9.17) is 53.8 Å². The minimum Gasteiger partial charge on any atom is -0.493 e. The molecule has 1 aromatic carbocycles. The van der Waals surface area contributed by atoms with Crippen molar-refractivity contribution in [2.24, 2.45) is 0 Å². The van der Waals surface area contributed by atoms with Gasteiger partial charge in [0.15, 0.2) is 17.7 Å². The van der Waals surface area contributed by atoms with Crippen molar-refractivity contribution in [3.8, 4) is 11.5 Å². The normalized spacial score (nSPS) is 19.0. The zero-order valence-corrected chi connectivity index (χ0v) is 22.6. The molecule has 3 rings (SSSR count). The fourth-order valence-corrected chi connectivity index (χ4v) is 4.37. The monoisotopic (exact) mass is 578 g/mol. The fourth-order valence-electron chi connectivity index (χ4n) is 4.21. The summed E-state index contributed by atoms with van der Waals surface area (Å²) in [7, 11) is 1.43. The lowest BCUT2D eigenvalue weighted by Gasteiger charge is -2.31. The van der Waals surface area contributed by atoms with E-state index < -0.39 is 28.1 Å². The number of fused-ring (bicyclic) bond motifs is 2. The van der Waals surface area contributed by atoms with Crippen molar-refractivity contribution >= 4 is 58.5 Å². The van der Waals surface area contributed by atoms with Crippen LogP contribution in [0, 0.1) is 0 Å². The number of halogens is 3. The van der Waals surface area contributed by atoms with Crippen LogP contribution in [0.3, 0.4) is 0 Å². The summed E-state index contributed by atoms with van der Waals surface area (Å²) >= 11 is 16.7. The SMILES string of the molecule is C=CCOC(=O)N1c2cc(OCCCCC(=O)OCC(Cl)(Cl)Cl)c(OC)cc2C(=O)N2CCC[C@H]2C1O. The molecule has 1 saturated heterocycles. The van der Waals surface area contributed by atoms with Crippen molar-refractivity contribution in [2.45, 2.75) is 48.2 Å². The standard InChI is InChI=1S/C24H29Cl3N2O8/c1-3-10-36-23(33)29-17-13-19(35-11-5-4-8-20(30)37-14-24(25,26)27)18(34-2)12-15(17)21(31)28-9-6-7-16(28)22(29)32/h3,12-13,16,22,32H,1,4-11,14H2,2H3/t16-,22?/m0/s1. The molecule has 0 aromatic heterocycles. The number of methoxy groups -OCH3 is 1. The van der Waals surface area contributed by atoms with Crippen LogP contribution in [0.25, 0.3) is 0 Å². The first-order valence-electron chi connectivity index (χ1n) is 11.7. The second-order valence-electron chi connectivity index (χ2n) is 8.46. The van der Waals surface area contributed by atoms with Crippen LogP contribution in [0.15, 0.2) is 24.8 Å². The number of ether oxygens (including phenoxy) is 4. The number of anilines is 1. The first-order valence-corrected chi connectivity index (χ1v) is 12.8. The Bertz CT molecular complexity index is 1020. The van der Waals surface area contributed by atoms with Crippen LogP contribution in [0.4, 0.5) is 10.5 Å². The number of alkyl halides is 3. The molecule has 0 spiro atoms. The summed E-state index contributed by atoms with van der Waals surface area (Å²) in [5.74, 6) is -0.297. The number of aliphatic hydroxyl groups is 1. The smallest absolute Gasteiger partial charge is 0.416 e. The van der Waals surface area contributed by atoms with E-state index >= 15 is 0 Å². The lowest BCUT2D eigenvalue weighted by molar-refractivity contribution is -0.143. The molecule has 2 heterocycles. The Kier molecular flexibility index (Phi) is 10.2. The zero-order chi connectivity index (χ0) is 27.2. The maximum atomic E-state index is 13.4. The molecule has 10 nitrogen and oxygen atoms in total. The van der Waals surface area contributed by atoms with Gasteiger partial charge in [-0.15, -0.1) is 0 Å². The van der Waals surface area contributed by atoms with E-state index in [9.17, 15) is 19.5 Å². The number of carbonyl (C=O) groups excluding carboxylic acids is 3. The Morgan fingerprint density at radius 2 is 1.97 bits per heavy atom. The molecule has 0 saturated carbocycles. The number of benzene rings is 1. The van der Waals surface area contributed by atoms with Crippen LogP contribution in [0.1, 0.15) is 42.5 Å². The van der Waals surface area contributed by atoms with Crippen LogP contribution in [-0.4, -0.2) is 77.5 Å². The molecule has 2 atom stereocenters. The Balaban J connectivity index is 1.77. The molecule has 2 aliphatic heterocycles. The maximum absolute atomic E-state index is 13.4. The first kappa shape index (κ1) is 29.2. The summed E-state index contributed by atoms with van der Waals surface area (Å²) in [4.78, 5) is 40.7. The van der Waals surface area contributed by atoms with E-state index in [0.29, 0.717) is 32.2 Å². The lowest BCUT2D eigenvalue weighted by Crippen LogP contribution is -2.50. The van der Waals surface area contributed by atoms with Gasteiger partial charge in [0.1, 0.15) is 13.2 Å². The summed E-state index contributed by atoms with van der Waals surface area (Å²) in [5, 5.41) is 11.1. The highest BCUT2D eigenvalue weighted by Gasteiger charge is 2.45. The third-order valence-electron chi connectivity index (χ3n) is 5.89. The number of unbranched alkanes of at least 4 members (excludes halogenated alkanes) is 1. The number of hydrogen-bond donors (Lipinski definition) is 1. The van der Waals surface area contributed by atoms with Crippen molar-refractivity contribution in [2.75, 3.05) is 38.4 Å². The van der Waals surface area contributed by atoms with E-state index in [2.05, 4.69) is 6.58 Å². The predicted octanol–water partition coefficient (Wildman–Crippen LogP) is 4.22. The Morgan fingerprint density at radius 1 is 1.22 bits per heavy atom. The molecule has 1 unspecified atom stereocenters. The number of nitrogens with zero attached hydrogens (tertiary/aromatic N) is 2. The Morgan fingerprint density at radius 3 is 2.65 bits per heavy atom. The molecule has 1 N–H and O–H groups in total. The second kappa shape index (κ2) is 12.9. The van der Waals surface area contributed by atoms with E-state index in [0.717, 1.165) is 4.90 Å². The van der Waals surface area contributed by atoms with Crippen LogP contribution < -0.4 is 14.4 Å². The van der Waals surface area contributed by atoms with Gasteiger partial charge in [0.2, 0.25) is 3.79 Å². The summed E-state index contributed by atoms with van der Waals surface area (Å²) in [6.45, 7) is 3.79. The summed E-state index contributed by atoms with van der Waals surface area (Å²) in [5.41, 5.74) is 0.326. The molecule has 37 heavy (non-hydrogen) atoms. The van der Waals surface area contributed by atoms with Gasteiger partial charge >= 0.3 is 12.1 Å². The maximum Gasteiger partial charge on any atom is 0.416 e. The van der Waals surface area contributed by atoms with Gasteiger partial charge in [0.05, 0.1) is 31.0 Å². The minimum absolute atomic E-state index is 0.0661. The number of esters is 1. The highest BCUT2D eigenvalue weighted by molar-refractivity contribution is 6.67. The molecule has 0 aliphatic carbocycles. The molecular weight excluding hydrogens is 551 g/mol. The van der Waals surface area contributed by atoms with Crippen molar-refractivity contribution < 1.29 is 38.4 Å². The lowest BCUT2D eigenvalue weighted by atomic mass is 10.1. The summed E-state index contributed by atoms with van der Waals surface area (Å²) in [6, 6.07) is 2.39. The van der Waals surface area contributed by atoms with Gasteiger partial charge in [-0.1, -0.05) is 47.5 Å². The fraction of sp³-hybridized carbons (Fsp3) is 0.542. The molecule has 0 radical (unpaired) electrons. The number of aliphatic hydroxyl groups excluding tert-OH is 1. The van der Waals surface area contributed by atoms with Crippen molar-refractivity contribution in [3.63, 3.8) is 0 Å². The highest BCUT2D eigenvalue weighted by Crippen LogP contribution is 2.41. The minimum atomic E-state index is -1.67. The molecule has 1 aromatic rings. The molecule has 1 fully saturated rings. The van der Waals surface area contributed by atoms with Crippen LogP contribution in [0.2, 0.25) is 0 Å². The van der Waals surface area contributed by atoms with E-state index in [1.807, 2.05) is 0 Å². The summed E-state index contributed by atoms with van der Waals surface area (Å²) in [6.07, 6.45) is 1.54. The van der Waals surface area contributed by atoms with Crippen molar-refractivity contribution in [1.29, 1.82) is 0 Å². The third-order valence-corrected chi connectivity index (χ3v) is 6.22. The molecule has 2 amide bonds. The predicted molar refractivity (Wildman–Crippen MR) is 138 cm³/mol. The molecule has 204 valence electrons. The van der Waals surface area contributed by atoms with Gasteiger partial charge in [-0.3, -0.25) is 9.59 Å².